The van der Waals surface area contributed by atoms with Crippen molar-refractivity contribution in [3.05, 3.63) is 200 Å². The molecule has 9 aromatic carbocycles. The van der Waals surface area contributed by atoms with Crippen molar-refractivity contribution in [1.82, 2.24) is 14.5 Å². The smallest absolute Gasteiger partial charge is 0.145 e. The van der Waals surface area contributed by atoms with E-state index in [1.54, 1.807) is 0 Å². The van der Waals surface area contributed by atoms with Crippen LogP contribution in [0.25, 0.3) is 105 Å². The number of hydrogen-bond donors (Lipinski definition) is 0. The van der Waals surface area contributed by atoms with Crippen LogP contribution in [0, 0.1) is 0 Å². The van der Waals surface area contributed by atoms with Crippen molar-refractivity contribution < 1.29 is 0 Å². The van der Waals surface area contributed by atoms with E-state index in [1.807, 2.05) is 12.1 Å². The van der Waals surface area contributed by atoms with E-state index in [0.717, 1.165) is 61.2 Å². The maximum absolute atomic E-state index is 5.50. The molecule has 0 unspecified atom stereocenters. The Balaban J connectivity index is 1.13. The molecule has 0 saturated heterocycles. The topological polar surface area (TPSA) is 30.7 Å². The van der Waals surface area contributed by atoms with Gasteiger partial charge in [-0.05, 0) is 97.7 Å². The van der Waals surface area contributed by atoms with Gasteiger partial charge >= 0.3 is 0 Å². The zero-order valence-electron chi connectivity index (χ0n) is 29.9. The maximum atomic E-state index is 5.50. The molecule has 0 fully saturated rings. The Bertz CT molecular complexity index is 3250. The maximum Gasteiger partial charge on any atom is 0.145 e. The lowest BCUT2D eigenvalue weighted by Crippen LogP contribution is -1.98. The molecule has 0 atom stereocenters. The molecule has 0 bridgehead atoms. The lowest BCUT2D eigenvalue weighted by molar-refractivity contribution is 1.10. The molecule has 11 aromatic rings. The number of fused-ring (bicyclic) bond motifs is 6. The van der Waals surface area contributed by atoms with Crippen LogP contribution in [0.4, 0.5) is 0 Å². The molecule has 0 N–H and O–H groups in total. The molecular weight excluding hydrogens is 667 g/mol. The molecule has 3 nitrogen and oxygen atoms in total. The predicted octanol–water partition coefficient (Wildman–Crippen LogP) is 13.7. The first-order chi connectivity index (χ1) is 27.2. The van der Waals surface area contributed by atoms with Crippen molar-refractivity contribution in [2.75, 3.05) is 0 Å². The standard InChI is InChI=1S/C52H33N3/c1-2-14-37(15-3-1)52-54-48-20-10-11-21-50(48)55(52)42-28-26-36(27-29-42)49-33-46(41-25-23-35-13-5-7-17-39(35)31-41)47-32-45(43-18-8-9-19-44(43)51(47)53-49)40-24-22-34-12-4-6-16-38(34)30-40/h1-33H. The third kappa shape index (κ3) is 5.28. The van der Waals surface area contributed by atoms with Crippen LogP contribution in [0.5, 0.6) is 0 Å². The second-order valence-corrected chi connectivity index (χ2v) is 14.2. The molecule has 55 heavy (non-hydrogen) atoms. The van der Waals surface area contributed by atoms with Crippen LogP contribution in [-0.4, -0.2) is 14.5 Å². The number of pyridine rings is 1. The van der Waals surface area contributed by atoms with Crippen LogP contribution in [0.2, 0.25) is 0 Å². The summed E-state index contributed by atoms with van der Waals surface area (Å²) < 4.78 is 2.25. The first kappa shape index (κ1) is 31.2. The minimum atomic E-state index is 0.922. The van der Waals surface area contributed by atoms with E-state index in [-0.39, 0.29) is 0 Å². The third-order valence-electron chi connectivity index (χ3n) is 11.0. The fraction of sp³-hybridized carbons (Fsp3) is 0. The Kier molecular flexibility index (Phi) is 7.17. The minimum absolute atomic E-state index is 0.922. The van der Waals surface area contributed by atoms with Gasteiger partial charge in [-0.15, -0.1) is 0 Å². The van der Waals surface area contributed by atoms with Crippen LogP contribution < -0.4 is 0 Å². The average molecular weight is 700 g/mol. The fourth-order valence-corrected chi connectivity index (χ4v) is 8.24. The Morgan fingerprint density at radius 1 is 0.345 bits per heavy atom. The van der Waals surface area contributed by atoms with Gasteiger partial charge in [-0.1, -0.05) is 152 Å². The lowest BCUT2D eigenvalue weighted by atomic mass is 9.90. The molecule has 256 valence electrons. The molecule has 0 aliphatic rings. The van der Waals surface area contributed by atoms with Gasteiger partial charge in [0.25, 0.3) is 0 Å². The summed E-state index contributed by atoms with van der Waals surface area (Å²) in [7, 11) is 0. The zero-order chi connectivity index (χ0) is 36.3. The molecule has 2 aromatic heterocycles. The summed E-state index contributed by atoms with van der Waals surface area (Å²) in [5.74, 6) is 0.922. The summed E-state index contributed by atoms with van der Waals surface area (Å²) in [6.45, 7) is 0. The van der Waals surface area contributed by atoms with Crippen molar-refractivity contribution in [3.8, 4) is 50.6 Å². The Morgan fingerprint density at radius 2 is 0.909 bits per heavy atom. The summed E-state index contributed by atoms with van der Waals surface area (Å²) in [6.07, 6.45) is 0. The summed E-state index contributed by atoms with van der Waals surface area (Å²) in [6, 6.07) is 71.7. The monoisotopic (exact) mass is 699 g/mol. The number of aromatic nitrogens is 3. The van der Waals surface area contributed by atoms with Crippen LogP contribution in [-0.2, 0) is 0 Å². The van der Waals surface area contributed by atoms with Gasteiger partial charge in [0.1, 0.15) is 5.82 Å². The molecule has 0 radical (unpaired) electrons. The largest absolute Gasteiger partial charge is 0.292 e. The predicted molar refractivity (Wildman–Crippen MR) is 231 cm³/mol. The van der Waals surface area contributed by atoms with Crippen LogP contribution in [0.3, 0.4) is 0 Å². The van der Waals surface area contributed by atoms with Gasteiger partial charge in [0.2, 0.25) is 0 Å². The number of nitrogens with zero attached hydrogens (tertiary/aromatic N) is 3. The molecule has 0 spiro atoms. The number of benzene rings is 9. The van der Waals surface area contributed by atoms with Crippen LogP contribution >= 0.6 is 0 Å². The number of rotatable bonds is 5. The molecule has 0 amide bonds. The molecule has 11 rings (SSSR count). The van der Waals surface area contributed by atoms with E-state index in [0.29, 0.717) is 0 Å². The first-order valence-electron chi connectivity index (χ1n) is 18.7. The Labute approximate surface area is 318 Å². The van der Waals surface area contributed by atoms with Crippen molar-refractivity contribution in [1.29, 1.82) is 0 Å². The normalized spacial score (nSPS) is 11.6. The van der Waals surface area contributed by atoms with Crippen molar-refractivity contribution >= 4 is 54.3 Å². The van der Waals surface area contributed by atoms with Crippen LogP contribution in [0.1, 0.15) is 0 Å². The van der Waals surface area contributed by atoms with Gasteiger partial charge in [-0.2, -0.15) is 0 Å². The molecule has 0 aliphatic carbocycles. The van der Waals surface area contributed by atoms with E-state index in [9.17, 15) is 0 Å². The number of hydrogen-bond acceptors (Lipinski definition) is 2. The number of imidazole rings is 1. The van der Waals surface area contributed by atoms with E-state index in [4.69, 9.17) is 9.97 Å². The second-order valence-electron chi connectivity index (χ2n) is 14.2. The molecule has 0 saturated carbocycles. The second kappa shape index (κ2) is 12.6. The third-order valence-corrected chi connectivity index (χ3v) is 11.0. The highest BCUT2D eigenvalue weighted by Crippen LogP contribution is 2.41. The van der Waals surface area contributed by atoms with Crippen molar-refractivity contribution in [2.45, 2.75) is 0 Å². The average Bonchev–Trinajstić information content (AvgIpc) is 3.65. The SMILES string of the molecule is c1ccc(-c2nc3ccccc3n2-c2ccc(-c3cc(-c4ccc5ccccc5c4)c4cc(-c5ccc6ccccc6c5)c5ccccc5c4n3)cc2)cc1. The molecular formula is C52H33N3. The Hall–Kier alpha value is -7.36. The van der Waals surface area contributed by atoms with E-state index >= 15 is 0 Å². The van der Waals surface area contributed by atoms with E-state index in [1.165, 1.54) is 43.6 Å². The number of para-hydroxylation sites is 2. The van der Waals surface area contributed by atoms with E-state index in [2.05, 4.69) is 193 Å². The van der Waals surface area contributed by atoms with Crippen molar-refractivity contribution in [3.63, 3.8) is 0 Å². The molecule has 2 heterocycles. The summed E-state index contributed by atoms with van der Waals surface area (Å²) in [5.41, 5.74) is 11.9. The summed E-state index contributed by atoms with van der Waals surface area (Å²) >= 11 is 0. The fourth-order valence-electron chi connectivity index (χ4n) is 8.24. The van der Waals surface area contributed by atoms with Crippen LogP contribution in [0.15, 0.2) is 200 Å². The summed E-state index contributed by atoms with van der Waals surface area (Å²) in [4.78, 5) is 10.6. The highest BCUT2D eigenvalue weighted by Gasteiger charge is 2.18. The van der Waals surface area contributed by atoms with Crippen molar-refractivity contribution in [2.24, 2.45) is 0 Å². The molecule has 3 heteroatoms. The lowest BCUT2D eigenvalue weighted by Gasteiger charge is -2.17. The Morgan fingerprint density at radius 3 is 1.62 bits per heavy atom. The van der Waals surface area contributed by atoms with Gasteiger partial charge < -0.3 is 0 Å². The van der Waals surface area contributed by atoms with E-state index < -0.39 is 0 Å². The molecule has 0 aliphatic heterocycles. The highest BCUT2D eigenvalue weighted by atomic mass is 15.1. The summed E-state index contributed by atoms with van der Waals surface area (Å²) in [5, 5.41) is 8.38. The quantitative estimate of drug-likeness (QED) is 0.167. The minimum Gasteiger partial charge on any atom is -0.292 e. The van der Waals surface area contributed by atoms with Gasteiger partial charge in [-0.25, -0.2) is 9.97 Å². The van der Waals surface area contributed by atoms with Gasteiger partial charge in [-0.3, -0.25) is 4.57 Å². The van der Waals surface area contributed by atoms with Gasteiger partial charge in [0, 0.05) is 27.6 Å². The first-order valence-corrected chi connectivity index (χ1v) is 18.7. The van der Waals surface area contributed by atoms with Gasteiger partial charge in [0.15, 0.2) is 0 Å². The zero-order valence-corrected chi connectivity index (χ0v) is 29.9. The highest BCUT2D eigenvalue weighted by molar-refractivity contribution is 6.16. The van der Waals surface area contributed by atoms with Gasteiger partial charge in [0.05, 0.1) is 22.2 Å².